The van der Waals surface area contributed by atoms with E-state index in [0.29, 0.717) is 36.0 Å². The Bertz CT molecular complexity index is 1160. The number of aromatic amines is 1. The number of hydrogen-bond acceptors (Lipinski definition) is 8. The number of nitrogens with zero attached hydrogens (tertiary/aromatic N) is 6. The highest BCUT2D eigenvalue weighted by molar-refractivity contribution is 5.70. The average Bonchev–Trinajstić information content (AvgIpc) is 3.38. The topological polar surface area (TPSA) is 112 Å². The largest absolute Gasteiger partial charge is 0.495 e. The van der Waals surface area contributed by atoms with Gasteiger partial charge in [0, 0.05) is 29.3 Å². The van der Waals surface area contributed by atoms with Crippen molar-refractivity contribution in [1.29, 1.82) is 0 Å². The van der Waals surface area contributed by atoms with Crippen molar-refractivity contribution in [1.82, 2.24) is 35.6 Å². The van der Waals surface area contributed by atoms with Crippen LogP contribution in [0.15, 0.2) is 48.8 Å². The molecule has 1 aliphatic carbocycles. The van der Waals surface area contributed by atoms with E-state index in [-0.39, 0.29) is 0 Å². The average molecular weight is 415 g/mol. The first-order valence-corrected chi connectivity index (χ1v) is 10.0. The van der Waals surface area contributed by atoms with Crippen molar-refractivity contribution in [3.63, 3.8) is 0 Å². The molecule has 3 heterocycles. The number of aryl methyl sites for hydroxylation is 1. The molecule has 1 fully saturated rings. The van der Waals surface area contributed by atoms with E-state index < -0.39 is 0 Å². The van der Waals surface area contributed by atoms with Crippen LogP contribution in [0.25, 0.3) is 22.5 Å². The summed E-state index contributed by atoms with van der Waals surface area (Å²) in [7, 11) is 1.64. The summed E-state index contributed by atoms with van der Waals surface area (Å²) in [6.45, 7) is 2.44. The lowest BCUT2D eigenvalue weighted by atomic mass is 10.1. The third kappa shape index (κ3) is 4.07. The van der Waals surface area contributed by atoms with Crippen molar-refractivity contribution < 1.29 is 9.47 Å². The first-order chi connectivity index (χ1) is 15.2. The molecular formula is C22H21N7O2. The predicted molar refractivity (Wildman–Crippen MR) is 113 cm³/mol. The normalized spacial score (nSPS) is 17.4. The molecule has 0 spiro atoms. The van der Waals surface area contributed by atoms with Gasteiger partial charge in [-0.05, 0) is 36.3 Å². The maximum atomic E-state index is 6.15. The van der Waals surface area contributed by atoms with Gasteiger partial charge in [-0.2, -0.15) is 10.2 Å². The Hall–Kier alpha value is -3.88. The zero-order valence-electron chi connectivity index (χ0n) is 17.2. The zero-order chi connectivity index (χ0) is 21.2. The van der Waals surface area contributed by atoms with Crippen LogP contribution in [0.1, 0.15) is 23.9 Å². The fourth-order valence-electron chi connectivity index (χ4n) is 3.55. The lowest BCUT2D eigenvalue weighted by Gasteiger charge is -2.11. The van der Waals surface area contributed by atoms with E-state index in [1.807, 2.05) is 43.3 Å². The Balaban J connectivity index is 1.29. The van der Waals surface area contributed by atoms with Crippen LogP contribution in [0.3, 0.4) is 0 Å². The van der Waals surface area contributed by atoms with E-state index >= 15 is 0 Å². The van der Waals surface area contributed by atoms with E-state index in [2.05, 4.69) is 35.6 Å². The van der Waals surface area contributed by atoms with Gasteiger partial charge >= 0.3 is 0 Å². The van der Waals surface area contributed by atoms with Gasteiger partial charge in [-0.15, -0.1) is 10.2 Å². The third-order valence-corrected chi connectivity index (χ3v) is 5.41. The summed E-state index contributed by atoms with van der Waals surface area (Å²) < 4.78 is 11.3. The smallest absolute Gasteiger partial charge is 0.224 e. The molecule has 1 aliphatic rings. The number of H-pyrrole nitrogens is 1. The van der Waals surface area contributed by atoms with Gasteiger partial charge in [-0.25, -0.2) is 4.98 Å². The minimum atomic E-state index is 0.409. The van der Waals surface area contributed by atoms with Crippen molar-refractivity contribution in [2.45, 2.75) is 19.3 Å². The van der Waals surface area contributed by atoms with Crippen LogP contribution in [0.2, 0.25) is 0 Å². The second-order valence-electron chi connectivity index (χ2n) is 7.48. The fraction of sp³-hybridized carbons (Fsp3) is 0.273. The summed E-state index contributed by atoms with van der Waals surface area (Å²) in [5, 5.41) is 14.1. The molecule has 2 atom stereocenters. The number of rotatable bonds is 7. The molecule has 3 aromatic heterocycles. The Morgan fingerprint density at radius 1 is 1.03 bits per heavy atom. The number of ether oxygens (including phenoxy) is 2. The molecule has 5 rings (SSSR count). The molecule has 9 nitrogen and oxygen atoms in total. The molecule has 0 aliphatic heterocycles. The summed E-state index contributed by atoms with van der Waals surface area (Å²) in [5.41, 5.74) is 3.77. The maximum absolute atomic E-state index is 6.15. The Kier molecular flexibility index (Phi) is 4.99. The van der Waals surface area contributed by atoms with E-state index in [1.54, 1.807) is 19.5 Å². The molecule has 1 saturated carbocycles. The van der Waals surface area contributed by atoms with Crippen LogP contribution < -0.4 is 9.47 Å². The van der Waals surface area contributed by atoms with Gasteiger partial charge in [0.05, 0.1) is 25.5 Å². The molecule has 9 heteroatoms. The van der Waals surface area contributed by atoms with Crippen molar-refractivity contribution in [3.8, 4) is 34.1 Å². The van der Waals surface area contributed by atoms with Crippen molar-refractivity contribution in [2.24, 2.45) is 5.92 Å². The SMILES string of the molecule is COc1ccc([C@H]2CC2COc2nc(C)ncc2-c2ccc(-c3nn[nH]n3)cc2)nc1. The van der Waals surface area contributed by atoms with Gasteiger partial charge in [0.25, 0.3) is 0 Å². The second-order valence-corrected chi connectivity index (χ2v) is 7.48. The number of hydrogen-bond donors (Lipinski definition) is 1. The summed E-state index contributed by atoms with van der Waals surface area (Å²) in [5.74, 6) is 3.41. The molecular weight excluding hydrogens is 394 g/mol. The molecule has 0 radical (unpaired) electrons. The van der Waals surface area contributed by atoms with E-state index in [0.717, 1.165) is 34.6 Å². The summed E-state index contributed by atoms with van der Waals surface area (Å²) in [6.07, 6.45) is 4.62. The molecule has 0 saturated heterocycles. The monoisotopic (exact) mass is 415 g/mol. The van der Waals surface area contributed by atoms with Gasteiger partial charge in [0.2, 0.25) is 11.7 Å². The molecule has 31 heavy (non-hydrogen) atoms. The minimum Gasteiger partial charge on any atom is -0.495 e. The number of methoxy groups -OCH3 is 1. The summed E-state index contributed by atoms with van der Waals surface area (Å²) >= 11 is 0. The molecule has 0 amide bonds. The van der Waals surface area contributed by atoms with Gasteiger partial charge in [0.1, 0.15) is 11.6 Å². The first kappa shape index (κ1) is 19.1. The number of nitrogens with one attached hydrogen (secondary N) is 1. The molecule has 0 bridgehead atoms. The molecule has 1 unspecified atom stereocenters. The maximum Gasteiger partial charge on any atom is 0.224 e. The van der Waals surface area contributed by atoms with Crippen LogP contribution in [-0.2, 0) is 0 Å². The standard InChI is InChI=1S/C22H21N7O2/c1-13-23-11-19(14-3-5-15(6-4-14)21-26-28-29-27-21)22(25-13)31-12-16-9-18(16)20-8-7-17(30-2)10-24-20/h3-8,10-11,16,18H,9,12H2,1-2H3,(H,26,27,28,29)/t16?,18-/m0/s1. The Morgan fingerprint density at radius 2 is 1.87 bits per heavy atom. The predicted octanol–water partition coefficient (Wildman–Crippen LogP) is 3.22. The Morgan fingerprint density at radius 3 is 2.58 bits per heavy atom. The minimum absolute atomic E-state index is 0.409. The highest BCUT2D eigenvalue weighted by Gasteiger charge is 2.40. The van der Waals surface area contributed by atoms with Crippen LogP contribution in [0, 0.1) is 12.8 Å². The van der Waals surface area contributed by atoms with Crippen LogP contribution in [0.4, 0.5) is 0 Å². The Labute approximate surface area is 178 Å². The van der Waals surface area contributed by atoms with Crippen molar-refractivity contribution in [2.75, 3.05) is 13.7 Å². The molecule has 1 N–H and O–H groups in total. The fourth-order valence-corrected chi connectivity index (χ4v) is 3.55. The number of pyridine rings is 1. The molecule has 1 aromatic carbocycles. The zero-order valence-corrected chi connectivity index (χ0v) is 17.2. The van der Waals surface area contributed by atoms with Crippen molar-refractivity contribution >= 4 is 0 Å². The van der Waals surface area contributed by atoms with E-state index in [9.17, 15) is 0 Å². The van der Waals surface area contributed by atoms with Gasteiger partial charge < -0.3 is 9.47 Å². The van der Waals surface area contributed by atoms with E-state index in [1.165, 1.54) is 0 Å². The summed E-state index contributed by atoms with van der Waals surface area (Å²) in [6, 6.07) is 11.8. The number of benzene rings is 1. The van der Waals surface area contributed by atoms with Crippen LogP contribution in [-0.4, -0.2) is 49.3 Å². The third-order valence-electron chi connectivity index (χ3n) is 5.41. The van der Waals surface area contributed by atoms with Crippen LogP contribution in [0.5, 0.6) is 11.6 Å². The quantitative estimate of drug-likeness (QED) is 0.490. The van der Waals surface area contributed by atoms with Gasteiger partial charge in [-0.1, -0.05) is 24.3 Å². The highest BCUT2D eigenvalue weighted by atomic mass is 16.5. The number of aromatic nitrogens is 7. The number of tetrazole rings is 1. The van der Waals surface area contributed by atoms with E-state index in [4.69, 9.17) is 9.47 Å². The first-order valence-electron chi connectivity index (χ1n) is 10.0. The summed E-state index contributed by atoms with van der Waals surface area (Å²) in [4.78, 5) is 13.4. The molecule has 4 aromatic rings. The lowest BCUT2D eigenvalue weighted by molar-refractivity contribution is 0.285. The highest BCUT2D eigenvalue weighted by Crippen LogP contribution is 2.47. The van der Waals surface area contributed by atoms with Gasteiger partial charge in [0.15, 0.2) is 0 Å². The second kappa shape index (κ2) is 8.10. The van der Waals surface area contributed by atoms with Gasteiger partial charge in [-0.3, -0.25) is 4.98 Å². The lowest BCUT2D eigenvalue weighted by Crippen LogP contribution is -2.05. The molecule has 156 valence electrons. The van der Waals surface area contributed by atoms with Crippen LogP contribution >= 0.6 is 0 Å². The van der Waals surface area contributed by atoms with Crippen molar-refractivity contribution in [3.05, 3.63) is 60.3 Å².